The Kier molecular flexibility index (Phi) is 4.29. The normalized spacial score (nSPS) is 28.4. The summed E-state index contributed by atoms with van der Waals surface area (Å²) < 4.78 is 5.62. The number of rotatable bonds is 4. The number of nitrogens with one attached hydrogen (secondary N) is 1. The predicted octanol–water partition coefficient (Wildman–Crippen LogP) is 3.58. The third kappa shape index (κ3) is 3.29. The van der Waals surface area contributed by atoms with E-state index in [1.54, 1.807) is 0 Å². The topological polar surface area (TPSA) is 38.3 Å². The van der Waals surface area contributed by atoms with E-state index in [4.69, 9.17) is 4.74 Å². The van der Waals surface area contributed by atoms with Crippen molar-refractivity contribution in [3.05, 3.63) is 29.8 Å². The zero-order valence-corrected chi connectivity index (χ0v) is 13.0. The molecule has 1 aromatic rings. The van der Waals surface area contributed by atoms with Gasteiger partial charge in [-0.1, -0.05) is 12.8 Å². The number of Topliss-reactive ketones (excluding diaryl/α,β-unsaturated/α-hetero) is 1. The zero-order chi connectivity index (χ0) is 14.8. The van der Waals surface area contributed by atoms with Crippen molar-refractivity contribution in [1.29, 1.82) is 0 Å². The van der Waals surface area contributed by atoms with Gasteiger partial charge in [0.05, 0.1) is 12.1 Å². The number of hydrogen-bond donors (Lipinski definition) is 1. The molecule has 21 heavy (non-hydrogen) atoms. The van der Waals surface area contributed by atoms with Gasteiger partial charge in [0.25, 0.3) is 0 Å². The highest BCUT2D eigenvalue weighted by atomic mass is 16.5. The van der Waals surface area contributed by atoms with E-state index >= 15 is 0 Å². The van der Waals surface area contributed by atoms with Crippen LogP contribution in [0, 0.1) is 5.92 Å². The van der Waals surface area contributed by atoms with Gasteiger partial charge in [-0.25, -0.2) is 0 Å². The van der Waals surface area contributed by atoms with E-state index in [0.717, 1.165) is 17.7 Å². The molecule has 3 unspecified atom stereocenters. The molecule has 1 aromatic carbocycles. The monoisotopic (exact) mass is 287 g/mol. The van der Waals surface area contributed by atoms with Crippen LogP contribution in [0.3, 0.4) is 0 Å². The molecular formula is C18H25NO2. The Hall–Kier alpha value is -1.35. The highest BCUT2D eigenvalue weighted by molar-refractivity contribution is 6.00. The Morgan fingerprint density at radius 1 is 1.19 bits per heavy atom. The predicted molar refractivity (Wildman–Crippen MR) is 83.8 cm³/mol. The van der Waals surface area contributed by atoms with Gasteiger partial charge in [-0.15, -0.1) is 0 Å². The van der Waals surface area contributed by atoms with Gasteiger partial charge in [0.15, 0.2) is 5.78 Å². The molecule has 0 amide bonds. The first kappa shape index (κ1) is 14.6. The summed E-state index contributed by atoms with van der Waals surface area (Å²) in [6.45, 7) is 4.01. The maximum Gasteiger partial charge on any atom is 0.179 e. The largest absolute Gasteiger partial charge is 0.491 e. The SMILES string of the molecule is CC(C)Oc1ccc(C(=O)C2CC3CCCCC3N2)cc1. The molecule has 2 fully saturated rings. The Labute approximate surface area is 127 Å². The van der Waals surface area contributed by atoms with Gasteiger partial charge < -0.3 is 10.1 Å². The van der Waals surface area contributed by atoms with Gasteiger partial charge in [0, 0.05) is 11.6 Å². The average molecular weight is 287 g/mol. The molecule has 0 radical (unpaired) electrons. The van der Waals surface area contributed by atoms with Crippen molar-refractivity contribution >= 4 is 5.78 Å². The van der Waals surface area contributed by atoms with Crippen LogP contribution in [0.5, 0.6) is 5.75 Å². The third-order valence-electron chi connectivity index (χ3n) is 4.69. The van der Waals surface area contributed by atoms with Gasteiger partial charge in [-0.2, -0.15) is 0 Å². The molecular weight excluding hydrogens is 262 g/mol. The minimum atomic E-state index is 0.00923. The summed E-state index contributed by atoms with van der Waals surface area (Å²) in [6.07, 6.45) is 6.30. The summed E-state index contributed by atoms with van der Waals surface area (Å²) in [5, 5.41) is 3.56. The van der Waals surface area contributed by atoms with Crippen molar-refractivity contribution in [3.63, 3.8) is 0 Å². The van der Waals surface area contributed by atoms with E-state index in [2.05, 4.69) is 5.32 Å². The van der Waals surface area contributed by atoms with Crippen LogP contribution in [0.25, 0.3) is 0 Å². The Morgan fingerprint density at radius 2 is 1.90 bits per heavy atom. The molecule has 1 N–H and O–H groups in total. The fourth-order valence-corrected chi connectivity index (χ4v) is 3.69. The second kappa shape index (κ2) is 6.18. The van der Waals surface area contributed by atoms with Crippen molar-refractivity contribution in [1.82, 2.24) is 5.32 Å². The van der Waals surface area contributed by atoms with E-state index in [1.807, 2.05) is 38.1 Å². The zero-order valence-electron chi connectivity index (χ0n) is 13.0. The van der Waals surface area contributed by atoms with Crippen molar-refractivity contribution in [2.45, 2.75) is 64.1 Å². The van der Waals surface area contributed by atoms with Gasteiger partial charge in [0.2, 0.25) is 0 Å². The first-order valence-electron chi connectivity index (χ1n) is 8.20. The molecule has 0 bridgehead atoms. The van der Waals surface area contributed by atoms with Crippen LogP contribution in [0.1, 0.15) is 56.3 Å². The van der Waals surface area contributed by atoms with Gasteiger partial charge in [-0.3, -0.25) is 4.79 Å². The summed E-state index contributed by atoms with van der Waals surface area (Å²) in [4.78, 5) is 12.6. The molecule has 3 rings (SSSR count). The lowest BCUT2D eigenvalue weighted by Crippen LogP contribution is -2.37. The Morgan fingerprint density at radius 3 is 2.57 bits per heavy atom. The molecule has 0 spiro atoms. The van der Waals surface area contributed by atoms with E-state index in [9.17, 15) is 4.79 Å². The maximum atomic E-state index is 12.6. The molecule has 3 atom stereocenters. The maximum absolute atomic E-state index is 12.6. The number of benzene rings is 1. The second-order valence-corrected chi connectivity index (χ2v) is 6.66. The Bertz CT molecular complexity index is 480. The summed E-state index contributed by atoms with van der Waals surface area (Å²) in [6, 6.07) is 8.16. The standard InChI is InChI=1S/C18H25NO2/c1-12(2)21-15-9-7-13(8-10-15)18(20)17-11-14-5-3-4-6-16(14)19-17/h7-10,12,14,16-17,19H,3-6,11H2,1-2H3. The minimum Gasteiger partial charge on any atom is -0.491 e. The molecule has 1 aliphatic carbocycles. The molecule has 2 aliphatic rings. The summed E-state index contributed by atoms with van der Waals surface area (Å²) >= 11 is 0. The van der Waals surface area contributed by atoms with Crippen molar-refractivity contribution in [2.75, 3.05) is 0 Å². The second-order valence-electron chi connectivity index (χ2n) is 6.66. The molecule has 1 saturated heterocycles. The molecule has 3 nitrogen and oxygen atoms in total. The number of hydrogen-bond acceptors (Lipinski definition) is 3. The molecule has 0 aromatic heterocycles. The highest BCUT2D eigenvalue weighted by Crippen LogP contribution is 2.34. The quantitative estimate of drug-likeness (QED) is 0.860. The lowest BCUT2D eigenvalue weighted by molar-refractivity contribution is 0.0949. The molecule has 1 aliphatic heterocycles. The van der Waals surface area contributed by atoms with Crippen molar-refractivity contribution in [2.24, 2.45) is 5.92 Å². The van der Waals surface area contributed by atoms with Gasteiger partial charge in [-0.05, 0) is 63.3 Å². The highest BCUT2D eigenvalue weighted by Gasteiger charge is 2.38. The molecule has 3 heteroatoms. The van der Waals surface area contributed by atoms with Crippen LogP contribution in [0.4, 0.5) is 0 Å². The fraction of sp³-hybridized carbons (Fsp3) is 0.611. The van der Waals surface area contributed by atoms with Crippen LogP contribution >= 0.6 is 0 Å². The number of fused-ring (bicyclic) bond motifs is 1. The summed E-state index contributed by atoms with van der Waals surface area (Å²) in [5.41, 5.74) is 0.794. The first-order valence-corrected chi connectivity index (χ1v) is 8.20. The average Bonchev–Trinajstić information content (AvgIpc) is 2.90. The lowest BCUT2D eigenvalue weighted by Gasteiger charge is -2.24. The summed E-state index contributed by atoms with van der Waals surface area (Å²) in [5.74, 6) is 1.77. The van der Waals surface area contributed by atoms with Crippen LogP contribution < -0.4 is 10.1 Å². The lowest BCUT2D eigenvalue weighted by atomic mass is 9.84. The van der Waals surface area contributed by atoms with Crippen LogP contribution in [0.15, 0.2) is 24.3 Å². The van der Waals surface area contributed by atoms with Gasteiger partial charge in [0.1, 0.15) is 5.75 Å². The first-order chi connectivity index (χ1) is 10.1. The molecule has 114 valence electrons. The van der Waals surface area contributed by atoms with Gasteiger partial charge >= 0.3 is 0 Å². The molecule has 1 saturated carbocycles. The number of carbonyl (C=O) groups excluding carboxylic acids is 1. The van der Waals surface area contributed by atoms with E-state index < -0.39 is 0 Å². The van der Waals surface area contributed by atoms with Crippen LogP contribution in [-0.4, -0.2) is 24.0 Å². The summed E-state index contributed by atoms with van der Waals surface area (Å²) in [7, 11) is 0. The van der Waals surface area contributed by atoms with Crippen LogP contribution in [-0.2, 0) is 0 Å². The molecule has 1 heterocycles. The van der Waals surface area contributed by atoms with E-state index in [-0.39, 0.29) is 17.9 Å². The van der Waals surface area contributed by atoms with Crippen molar-refractivity contribution < 1.29 is 9.53 Å². The fourth-order valence-electron chi connectivity index (χ4n) is 3.69. The van der Waals surface area contributed by atoms with Crippen molar-refractivity contribution in [3.8, 4) is 5.75 Å². The number of carbonyl (C=O) groups is 1. The smallest absolute Gasteiger partial charge is 0.179 e. The third-order valence-corrected chi connectivity index (χ3v) is 4.69. The number of ether oxygens (including phenoxy) is 1. The van der Waals surface area contributed by atoms with E-state index in [1.165, 1.54) is 25.7 Å². The minimum absolute atomic E-state index is 0.00923. The van der Waals surface area contributed by atoms with Crippen LogP contribution in [0.2, 0.25) is 0 Å². The van der Waals surface area contributed by atoms with E-state index in [0.29, 0.717) is 12.0 Å². The Balaban J connectivity index is 1.65. The number of ketones is 1.